The van der Waals surface area contributed by atoms with E-state index < -0.39 is 47.5 Å². The second-order valence-electron chi connectivity index (χ2n) is 3.88. The molecular weight excluding hydrogens is 292 g/mol. The van der Waals surface area contributed by atoms with E-state index in [-0.39, 0.29) is 31.0 Å². The van der Waals surface area contributed by atoms with Crippen LogP contribution in [0.4, 0.5) is 0 Å². The fourth-order valence-corrected chi connectivity index (χ4v) is 2.39. The minimum atomic E-state index is -2.81. The Bertz CT molecular complexity index is 358. The molecule has 126 valence electrons. The minimum absolute atomic E-state index is 0. The second-order valence-corrected chi connectivity index (χ2v) is 3.88. The molecule has 0 aromatic carbocycles. The maximum absolute atomic E-state index is 11.1. The van der Waals surface area contributed by atoms with Gasteiger partial charge in [-0.2, -0.15) is 0 Å². The van der Waals surface area contributed by atoms with E-state index in [0.29, 0.717) is 0 Å². The van der Waals surface area contributed by atoms with Gasteiger partial charge in [-0.1, -0.05) is 0 Å². The number of hydrogen-bond donors (Lipinski definition) is 8. The first-order valence-corrected chi connectivity index (χ1v) is 4.67. The summed E-state index contributed by atoms with van der Waals surface area (Å²) in [5.74, 6) is -7.75. The number of rotatable bonds is 4. The third-order valence-electron chi connectivity index (χ3n) is 3.29. The molecule has 0 bridgehead atoms. The zero-order chi connectivity index (χ0) is 13.4. The molecule has 16 N–H and O–H groups in total. The lowest BCUT2D eigenvalue weighted by Crippen LogP contribution is -2.57. The molecule has 0 saturated heterocycles. The van der Waals surface area contributed by atoms with Crippen LogP contribution < -0.4 is 24.6 Å². The van der Waals surface area contributed by atoms with Crippen LogP contribution in [-0.4, -0.2) is 44.3 Å². The first-order valence-electron chi connectivity index (χ1n) is 4.67. The van der Waals surface area contributed by atoms with Crippen LogP contribution in [0.5, 0.6) is 0 Å². The summed E-state index contributed by atoms with van der Waals surface area (Å²) < 4.78 is 0. The predicted molar refractivity (Wildman–Crippen MR) is 69.3 cm³/mol. The molecule has 0 aromatic rings. The Morgan fingerprint density at radius 1 is 0.571 bits per heavy atom. The Morgan fingerprint density at radius 3 is 0.905 bits per heavy atom. The molecule has 0 aliphatic heterocycles. The molecule has 1 aliphatic rings. The molecule has 12 heteroatoms. The molecule has 0 radical (unpaired) electrons. The lowest BCUT2D eigenvalue weighted by molar-refractivity contribution is -0.191. The van der Waals surface area contributed by atoms with Gasteiger partial charge in [0, 0.05) is 0 Å². The Labute approximate surface area is 119 Å². The average Bonchev–Trinajstić information content (AvgIpc) is 2.58. The van der Waals surface area contributed by atoms with Crippen LogP contribution in [0.3, 0.4) is 0 Å². The van der Waals surface area contributed by atoms with E-state index in [1.807, 2.05) is 0 Å². The Balaban J connectivity index is -0.000000361. The lowest BCUT2D eigenvalue weighted by atomic mass is 9.65. The molecule has 0 unspecified atom stereocenters. The normalized spacial score (nSPS) is 16.8. The van der Waals surface area contributed by atoms with Crippen LogP contribution >= 0.6 is 0 Å². The van der Waals surface area contributed by atoms with Gasteiger partial charge in [-0.3, -0.25) is 19.2 Å². The number of carbonyl (C=O) groups is 4. The minimum Gasteiger partial charge on any atom is -0.480 e. The van der Waals surface area contributed by atoms with Gasteiger partial charge in [-0.15, -0.1) is 0 Å². The molecule has 1 rings (SSSR count). The quantitative estimate of drug-likeness (QED) is 0.321. The van der Waals surface area contributed by atoms with Gasteiger partial charge < -0.3 is 45.0 Å². The van der Waals surface area contributed by atoms with E-state index in [2.05, 4.69) is 0 Å². The van der Waals surface area contributed by atoms with Gasteiger partial charge in [0.05, 0.1) is 0 Å². The summed E-state index contributed by atoms with van der Waals surface area (Å²) in [5, 5.41) is 35.8. The number of hydrogen-bond acceptors (Lipinski definition) is 8. The van der Waals surface area contributed by atoms with E-state index >= 15 is 0 Å². The highest BCUT2D eigenvalue weighted by Crippen LogP contribution is 2.54. The van der Waals surface area contributed by atoms with Crippen molar-refractivity contribution in [2.45, 2.75) is 19.3 Å². The number of carboxylic acid groups (broad SMARTS) is 4. The van der Waals surface area contributed by atoms with Gasteiger partial charge >= 0.3 is 23.9 Å². The van der Waals surface area contributed by atoms with E-state index in [4.69, 9.17) is 20.4 Å². The Morgan fingerprint density at radius 2 is 0.762 bits per heavy atom. The molecule has 21 heavy (non-hydrogen) atoms. The maximum atomic E-state index is 11.1. The highest BCUT2D eigenvalue weighted by molar-refractivity contribution is 6.13. The van der Waals surface area contributed by atoms with Crippen LogP contribution in [0.15, 0.2) is 0 Å². The van der Waals surface area contributed by atoms with Crippen molar-refractivity contribution in [2.75, 3.05) is 0 Å². The van der Waals surface area contributed by atoms with Crippen LogP contribution in [0, 0.1) is 10.8 Å². The molecule has 1 aliphatic carbocycles. The molecule has 0 spiro atoms. The predicted octanol–water partition coefficient (Wildman–Crippen LogP) is 0.129. The molecule has 0 atom stereocenters. The van der Waals surface area contributed by atoms with E-state index in [9.17, 15) is 19.2 Å². The fourth-order valence-electron chi connectivity index (χ4n) is 2.39. The van der Waals surface area contributed by atoms with E-state index in [1.165, 1.54) is 0 Å². The topological polar surface area (TPSA) is 289 Å². The van der Waals surface area contributed by atoms with Gasteiger partial charge in [0.2, 0.25) is 0 Å². The van der Waals surface area contributed by atoms with Gasteiger partial charge in [0.25, 0.3) is 0 Å². The highest BCUT2D eigenvalue weighted by atomic mass is 16.4. The molecule has 1 saturated carbocycles. The van der Waals surface area contributed by atoms with Crippen LogP contribution in [-0.2, 0) is 19.2 Å². The maximum Gasteiger partial charge on any atom is 0.322 e. The van der Waals surface area contributed by atoms with Crippen LogP contribution in [0.1, 0.15) is 19.3 Å². The highest BCUT2D eigenvalue weighted by Gasteiger charge is 2.73. The summed E-state index contributed by atoms with van der Waals surface area (Å²) in [6.07, 6.45) is -1.12. The summed E-state index contributed by atoms with van der Waals surface area (Å²) in [6.45, 7) is 0. The summed E-state index contributed by atoms with van der Waals surface area (Å²) in [7, 11) is 0. The van der Waals surface area contributed by atoms with Crippen LogP contribution in [0.2, 0.25) is 0 Å². The first-order chi connectivity index (χ1) is 7.73. The number of carboxylic acids is 4. The molecule has 0 aromatic heterocycles. The first kappa shape index (κ1) is 27.1. The SMILES string of the molecule is N.N.N.N.O=C(O)C1(C(=O)O)CCCC1(C(=O)O)C(=O)O. The Hall–Kier alpha value is -2.28. The standard InChI is InChI=1S/C9H10O8.4H3N/c10-4(11)8(5(12)13)2-1-3-9(8,6(14)15)7(16)17;;;;/h1-3H2,(H,10,11)(H,12,13)(H,14,15)(H,16,17);4*1H3. The summed E-state index contributed by atoms with van der Waals surface area (Å²) >= 11 is 0. The van der Waals surface area contributed by atoms with Crippen molar-refractivity contribution in [1.29, 1.82) is 0 Å². The third-order valence-corrected chi connectivity index (χ3v) is 3.29. The largest absolute Gasteiger partial charge is 0.480 e. The van der Waals surface area contributed by atoms with Gasteiger partial charge in [-0.25, -0.2) is 0 Å². The molecule has 0 amide bonds. The molecule has 12 nitrogen and oxygen atoms in total. The Kier molecular flexibility index (Phi) is 10.5. The van der Waals surface area contributed by atoms with E-state index in [1.54, 1.807) is 0 Å². The lowest BCUT2D eigenvalue weighted by Gasteiger charge is -2.32. The van der Waals surface area contributed by atoms with Crippen molar-refractivity contribution in [3.8, 4) is 0 Å². The molecular formula is C9H22N4O8. The summed E-state index contributed by atoms with van der Waals surface area (Å²) in [4.78, 5) is 44.3. The van der Waals surface area contributed by atoms with Gasteiger partial charge in [-0.05, 0) is 19.3 Å². The second kappa shape index (κ2) is 8.11. The van der Waals surface area contributed by atoms with Gasteiger partial charge in [0.1, 0.15) is 0 Å². The third kappa shape index (κ3) is 2.92. The number of aliphatic carboxylic acids is 4. The summed E-state index contributed by atoms with van der Waals surface area (Å²) in [5.41, 5.74) is -5.63. The fraction of sp³-hybridized carbons (Fsp3) is 0.556. The molecule has 1 fully saturated rings. The van der Waals surface area contributed by atoms with Crippen molar-refractivity contribution in [2.24, 2.45) is 10.8 Å². The average molecular weight is 314 g/mol. The van der Waals surface area contributed by atoms with Crippen LogP contribution in [0.25, 0.3) is 0 Å². The zero-order valence-corrected chi connectivity index (χ0v) is 11.4. The summed E-state index contributed by atoms with van der Waals surface area (Å²) in [6, 6.07) is 0. The van der Waals surface area contributed by atoms with Gasteiger partial charge in [0.15, 0.2) is 10.8 Å². The van der Waals surface area contributed by atoms with Crippen molar-refractivity contribution >= 4 is 23.9 Å². The van der Waals surface area contributed by atoms with E-state index in [0.717, 1.165) is 0 Å². The zero-order valence-electron chi connectivity index (χ0n) is 11.4. The van der Waals surface area contributed by atoms with Crippen molar-refractivity contribution in [3.05, 3.63) is 0 Å². The monoisotopic (exact) mass is 314 g/mol. The smallest absolute Gasteiger partial charge is 0.322 e. The van der Waals surface area contributed by atoms with Crippen molar-refractivity contribution in [3.63, 3.8) is 0 Å². The van der Waals surface area contributed by atoms with Crippen molar-refractivity contribution in [1.82, 2.24) is 24.6 Å². The van der Waals surface area contributed by atoms with Crippen molar-refractivity contribution < 1.29 is 39.6 Å². The molecule has 0 heterocycles.